The Labute approximate surface area is 99.1 Å². The number of nitrogens with one attached hydrogen (secondary N) is 1. The van der Waals surface area contributed by atoms with Crippen LogP contribution in [-0.2, 0) is 4.79 Å². The van der Waals surface area contributed by atoms with Gasteiger partial charge in [-0.3, -0.25) is 9.59 Å². The van der Waals surface area contributed by atoms with Crippen LogP contribution in [0.3, 0.4) is 0 Å². The summed E-state index contributed by atoms with van der Waals surface area (Å²) in [5.74, 6) is -1.11. The number of hydrogen-bond acceptors (Lipinski definition) is 3. The van der Waals surface area contributed by atoms with Gasteiger partial charge in [-0.25, -0.2) is 0 Å². The van der Waals surface area contributed by atoms with Gasteiger partial charge in [0, 0.05) is 24.1 Å². The highest BCUT2D eigenvalue weighted by molar-refractivity contribution is 5.96. The van der Waals surface area contributed by atoms with Crippen LogP contribution in [0.5, 0.6) is 5.75 Å². The van der Waals surface area contributed by atoms with Crippen LogP contribution in [0.1, 0.15) is 28.8 Å². The molecule has 0 saturated heterocycles. The molecule has 1 rings (SSSR count). The lowest BCUT2D eigenvalue weighted by Crippen LogP contribution is -2.25. The van der Waals surface area contributed by atoms with Gasteiger partial charge in [0.1, 0.15) is 5.75 Å². The summed E-state index contributed by atoms with van der Waals surface area (Å²) in [6, 6.07) is 4.71. The van der Waals surface area contributed by atoms with Crippen molar-refractivity contribution in [2.45, 2.75) is 19.8 Å². The van der Waals surface area contributed by atoms with E-state index in [9.17, 15) is 14.7 Å². The summed E-state index contributed by atoms with van der Waals surface area (Å²) >= 11 is 0. The first-order valence-corrected chi connectivity index (χ1v) is 5.31. The number of aliphatic carboxylic acids is 1. The van der Waals surface area contributed by atoms with Gasteiger partial charge in [-0.1, -0.05) is 6.07 Å². The van der Waals surface area contributed by atoms with Crippen molar-refractivity contribution >= 4 is 11.9 Å². The molecule has 0 aliphatic carbocycles. The topological polar surface area (TPSA) is 86.6 Å². The molecule has 0 fully saturated rings. The molecule has 17 heavy (non-hydrogen) atoms. The molecule has 0 atom stereocenters. The number of carboxylic acids is 1. The van der Waals surface area contributed by atoms with E-state index in [1.165, 1.54) is 6.07 Å². The Kier molecular flexibility index (Phi) is 4.51. The summed E-state index contributed by atoms with van der Waals surface area (Å²) in [5.41, 5.74) is 0.920. The van der Waals surface area contributed by atoms with Crippen molar-refractivity contribution in [1.82, 2.24) is 5.32 Å². The second kappa shape index (κ2) is 5.89. The molecule has 0 bridgehead atoms. The number of phenols is 1. The van der Waals surface area contributed by atoms with Crippen LogP contribution < -0.4 is 5.32 Å². The molecule has 0 heterocycles. The zero-order valence-corrected chi connectivity index (χ0v) is 9.56. The number of benzene rings is 1. The van der Waals surface area contributed by atoms with E-state index in [4.69, 9.17) is 5.11 Å². The summed E-state index contributed by atoms with van der Waals surface area (Å²) in [5, 5.41) is 20.5. The van der Waals surface area contributed by atoms with Gasteiger partial charge in [0.15, 0.2) is 0 Å². The zero-order valence-electron chi connectivity index (χ0n) is 9.56. The Balaban J connectivity index is 2.53. The molecule has 0 aliphatic rings. The van der Waals surface area contributed by atoms with E-state index in [1.807, 2.05) is 0 Å². The number of carbonyl (C=O) groups excluding carboxylic acids is 1. The van der Waals surface area contributed by atoms with Gasteiger partial charge in [-0.2, -0.15) is 0 Å². The van der Waals surface area contributed by atoms with Crippen LogP contribution in [0, 0.1) is 6.92 Å². The molecule has 0 spiro atoms. The predicted octanol–water partition coefficient (Wildman–Crippen LogP) is 1.30. The van der Waals surface area contributed by atoms with Crippen LogP contribution in [-0.4, -0.2) is 28.6 Å². The van der Waals surface area contributed by atoms with Crippen LogP contribution >= 0.6 is 0 Å². The summed E-state index contributed by atoms with van der Waals surface area (Å²) in [6.45, 7) is 1.96. The molecule has 0 radical (unpaired) electrons. The lowest BCUT2D eigenvalue weighted by molar-refractivity contribution is -0.137. The molecule has 0 aliphatic heterocycles. The number of amides is 1. The smallest absolute Gasteiger partial charge is 0.303 e. The van der Waals surface area contributed by atoms with Crippen LogP contribution in [0.15, 0.2) is 18.2 Å². The minimum atomic E-state index is -0.882. The van der Waals surface area contributed by atoms with Crippen LogP contribution in [0.25, 0.3) is 0 Å². The highest BCUT2D eigenvalue weighted by Crippen LogP contribution is 2.19. The fourth-order valence-corrected chi connectivity index (χ4v) is 1.41. The van der Waals surface area contributed by atoms with E-state index in [-0.39, 0.29) is 18.1 Å². The third-order valence-electron chi connectivity index (χ3n) is 2.40. The van der Waals surface area contributed by atoms with Crippen LogP contribution in [0.4, 0.5) is 0 Å². The average molecular weight is 237 g/mol. The SMILES string of the molecule is Cc1c(O)cccc1C(=O)NCCCC(=O)O. The Bertz CT molecular complexity index is 429. The summed E-state index contributed by atoms with van der Waals surface area (Å²) in [7, 11) is 0. The number of carboxylic acid groups (broad SMARTS) is 1. The van der Waals surface area contributed by atoms with Crippen molar-refractivity contribution in [3.05, 3.63) is 29.3 Å². The monoisotopic (exact) mass is 237 g/mol. The standard InChI is InChI=1S/C12H15NO4/c1-8-9(4-2-5-10(8)14)12(17)13-7-3-6-11(15)16/h2,4-5,14H,3,6-7H2,1H3,(H,13,17)(H,15,16). The average Bonchev–Trinajstić information content (AvgIpc) is 2.27. The van der Waals surface area contributed by atoms with Crippen molar-refractivity contribution in [2.24, 2.45) is 0 Å². The van der Waals surface area contributed by atoms with E-state index < -0.39 is 5.97 Å². The van der Waals surface area contributed by atoms with Crippen molar-refractivity contribution in [2.75, 3.05) is 6.54 Å². The minimum Gasteiger partial charge on any atom is -0.508 e. The number of carbonyl (C=O) groups is 2. The van der Waals surface area contributed by atoms with Gasteiger partial charge >= 0.3 is 5.97 Å². The van der Waals surface area contributed by atoms with Crippen molar-refractivity contribution in [1.29, 1.82) is 0 Å². The fourth-order valence-electron chi connectivity index (χ4n) is 1.41. The number of aromatic hydroxyl groups is 1. The summed E-state index contributed by atoms with van der Waals surface area (Å²) in [6.07, 6.45) is 0.415. The normalized spacial score (nSPS) is 9.94. The molecular formula is C12H15NO4. The number of hydrogen-bond donors (Lipinski definition) is 3. The van der Waals surface area contributed by atoms with E-state index in [0.717, 1.165) is 0 Å². The number of rotatable bonds is 5. The molecule has 1 amide bonds. The largest absolute Gasteiger partial charge is 0.508 e. The molecular weight excluding hydrogens is 222 g/mol. The summed E-state index contributed by atoms with van der Waals surface area (Å²) in [4.78, 5) is 22.0. The van der Waals surface area contributed by atoms with Gasteiger partial charge in [0.2, 0.25) is 0 Å². The first-order valence-electron chi connectivity index (χ1n) is 5.31. The van der Waals surface area contributed by atoms with Crippen LogP contribution in [0.2, 0.25) is 0 Å². The van der Waals surface area contributed by atoms with Crippen molar-refractivity contribution in [3.63, 3.8) is 0 Å². The summed E-state index contributed by atoms with van der Waals surface area (Å²) < 4.78 is 0. The highest BCUT2D eigenvalue weighted by Gasteiger charge is 2.10. The zero-order chi connectivity index (χ0) is 12.8. The molecule has 1 aromatic carbocycles. The maximum Gasteiger partial charge on any atom is 0.303 e. The molecule has 0 unspecified atom stereocenters. The lowest BCUT2D eigenvalue weighted by Gasteiger charge is -2.08. The lowest BCUT2D eigenvalue weighted by atomic mass is 10.1. The third-order valence-corrected chi connectivity index (χ3v) is 2.40. The molecule has 0 saturated carbocycles. The molecule has 5 nitrogen and oxygen atoms in total. The Hall–Kier alpha value is -2.04. The molecule has 5 heteroatoms. The second-order valence-corrected chi connectivity index (χ2v) is 3.70. The van der Waals surface area contributed by atoms with Gasteiger partial charge in [0.05, 0.1) is 0 Å². The van der Waals surface area contributed by atoms with Crippen molar-refractivity contribution in [3.8, 4) is 5.75 Å². The van der Waals surface area contributed by atoms with E-state index in [1.54, 1.807) is 19.1 Å². The molecule has 3 N–H and O–H groups in total. The predicted molar refractivity (Wildman–Crippen MR) is 62.0 cm³/mol. The van der Waals surface area contributed by atoms with Gasteiger partial charge in [-0.15, -0.1) is 0 Å². The Morgan fingerprint density at radius 1 is 1.35 bits per heavy atom. The third kappa shape index (κ3) is 3.79. The quantitative estimate of drug-likeness (QED) is 0.673. The van der Waals surface area contributed by atoms with E-state index >= 15 is 0 Å². The number of phenolic OH excluding ortho intramolecular Hbond substituents is 1. The van der Waals surface area contributed by atoms with Gasteiger partial charge in [0.25, 0.3) is 5.91 Å². The van der Waals surface area contributed by atoms with Gasteiger partial charge in [-0.05, 0) is 25.5 Å². The van der Waals surface area contributed by atoms with Gasteiger partial charge < -0.3 is 15.5 Å². The fraction of sp³-hybridized carbons (Fsp3) is 0.333. The molecule has 1 aromatic rings. The minimum absolute atomic E-state index is 0.0271. The van der Waals surface area contributed by atoms with E-state index in [2.05, 4.69) is 5.32 Å². The van der Waals surface area contributed by atoms with E-state index in [0.29, 0.717) is 24.1 Å². The second-order valence-electron chi connectivity index (χ2n) is 3.70. The molecule has 0 aromatic heterocycles. The highest BCUT2D eigenvalue weighted by atomic mass is 16.4. The molecule has 92 valence electrons. The Morgan fingerprint density at radius 3 is 2.71 bits per heavy atom. The maximum atomic E-state index is 11.7. The first-order chi connectivity index (χ1) is 8.02. The first kappa shape index (κ1) is 13.0. The van der Waals surface area contributed by atoms with Crippen molar-refractivity contribution < 1.29 is 19.8 Å². The Morgan fingerprint density at radius 2 is 2.06 bits per heavy atom. The maximum absolute atomic E-state index is 11.7.